The van der Waals surface area contributed by atoms with Gasteiger partial charge in [-0.2, -0.15) is 0 Å². The van der Waals surface area contributed by atoms with Gasteiger partial charge in [0.15, 0.2) is 0 Å². The Balaban J connectivity index is 1.81. The molecule has 0 radical (unpaired) electrons. The van der Waals surface area contributed by atoms with Crippen molar-refractivity contribution >= 4 is 39.1 Å². The van der Waals surface area contributed by atoms with E-state index in [4.69, 9.17) is 27.9 Å². The van der Waals surface area contributed by atoms with Crippen molar-refractivity contribution in [3.05, 3.63) is 27.4 Å². The molecule has 0 amide bonds. The number of rotatable bonds is 2. The average Bonchev–Trinajstić information content (AvgIpc) is 2.87. The first-order chi connectivity index (χ1) is 9.03. The first-order valence-corrected chi connectivity index (χ1v) is 8.09. The molecule has 3 rings (SSSR count). The molecule has 104 valence electrons. The van der Waals surface area contributed by atoms with Gasteiger partial charge in [-0.25, -0.2) is 4.39 Å². The van der Waals surface area contributed by atoms with Gasteiger partial charge in [0.2, 0.25) is 0 Å². The number of alkyl halides is 1. The third-order valence-corrected chi connectivity index (χ3v) is 5.99. The number of ether oxygens (including phenoxy) is 1. The molecule has 2 atom stereocenters. The number of halogens is 4. The smallest absolute Gasteiger partial charge is 0.145 e. The van der Waals surface area contributed by atoms with E-state index in [1.54, 1.807) is 0 Å². The Labute approximate surface area is 130 Å². The van der Waals surface area contributed by atoms with Crippen LogP contribution in [-0.2, 0) is 0 Å². The molecule has 0 saturated heterocycles. The molecular formula is C14H14BrCl2FO. The zero-order chi connectivity index (χ0) is 13.6. The Hall–Kier alpha value is 0.01000. The maximum atomic E-state index is 13.5. The summed E-state index contributed by atoms with van der Waals surface area (Å²) in [5.74, 6) is 0.0591. The van der Waals surface area contributed by atoms with Crippen LogP contribution in [0.5, 0.6) is 5.75 Å². The fourth-order valence-electron chi connectivity index (χ4n) is 3.28. The summed E-state index contributed by atoms with van der Waals surface area (Å²) in [4.78, 5) is 0. The highest BCUT2D eigenvalue weighted by Gasteiger charge is 2.57. The third kappa shape index (κ3) is 2.28. The Morgan fingerprint density at radius 3 is 2.63 bits per heavy atom. The molecule has 1 spiro atoms. The molecule has 5 heteroatoms. The summed E-state index contributed by atoms with van der Waals surface area (Å²) in [6.07, 6.45) is 5.56. The predicted octanol–water partition coefficient (Wildman–Crippen LogP) is 5.56. The Morgan fingerprint density at radius 1 is 1.32 bits per heavy atom. The first-order valence-electron chi connectivity index (χ1n) is 6.48. The fraction of sp³-hybridized carbons (Fsp3) is 0.571. The van der Waals surface area contributed by atoms with Crippen LogP contribution in [0.4, 0.5) is 4.39 Å². The van der Waals surface area contributed by atoms with Crippen molar-refractivity contribution in [1.29, 1.82) is 0 Å². The zero-order valence-corrected chi connectivity index (χ0v) is 13.4. The SMILES string of the molecule is Fc1cc(OC2CC(Cl)C23CCCC3)c(Br)cc1Cl. The normalized spacial score (nSPS) is 28.4. The zero-order valence-electron chi connectivity index (χ0n) is 10.3. The minimum absolute atomic E-state index is 0.0920. The lowest BCUT2D eigenvalue weighted by atomic mass is 9.64. The van der Waals surface area contributed by atoms with Gasteiger partial charge in [-0.3, -0.25) is 0 Å². The van der Waals surface area contributed by atoms with Gasteiger partial charge in [0.1, 0.15) is 17.7 Å². The second-order valence-electron chi connectivity index (χ2n) is 5.45. The van der Waals surface area contributed by atoms with E-state index < -0.39 is 5.82 Å². The highest BCUT2D eigenvalue weighted by Crippen LogP contribution is 2.57. The highest BCUT2D eigenvalue weighted by atomic mass is 79.9. The summed E-state index contributed by atoms with van der Waals surface area (Å²) < 4.78 is 20.2. The molecule has 0 heterocycles. The second-order valence-corrected chi connectivity index (χ2v) is 7.24. The van der Waals surface area contributed by atoms with Crippen molar-refractivity contribution in [2.24, 2.45) is 5.41 Å². The number of hydrogen-bond acceptors (Lipinski definition) is 1. The molecule has 0 aromatic heterocycles. The van der Waals surface area contributed by atoms with Crippen LogP contribution < -0.4 is 4.74 Å². The van der Waals surface area contributed by atoms with Crippen LogP contribution in [0, 0.1) is 11.2 Å². The molecule has 1 nitrogen and oxygen atoms in total. The van der Waals surface area contributed by atoms with Crippen LogP contribution in [0.25, 0.3) is 0 Å². The van der Waals surface area contributed by atoms with Gasteiger partial charge in [-0.15, -0.1) is 11.6 Å². The van der Waals surface area contributed by atoms with Crippen molar-refractivity contribution in [2.45, 2.75) is 43.6 Å². The Bertz CT molecular complexity index is 502. The minimum atomic E-state index is -0.456. The topological polar surface area (TPSA) is 9.23 Å². The standard InChI is InChI=1S/C14H14BrCl2FO/c15-8-5-9(16)10(18)6-11(8)19-13-7-12(17)14(13)3-1-2-4-14/h5-6,12-13H,1-4,7H2. The van der Waals surface area contributed by atoms with E-state index in [0.717, 1.165) is 19.3 Å². The predicted molar refractivity (Wildman–Crippen MR) is 78.7 cm³/mol. The molecule has 0 N–H and O–H groups in total. The van der Waals surface area contributed by atoms with E-state index >= 15 is 0 Å². The van der Waals surface area contributed by atoms with Crippen LogP contribution in [0.1, 0.15) is 32.1 Å². The first kappa shape index (κ1) is 14.0. The average molecular weight is 368 g/mol. The fourth-order valence-corrected chi connectivity index (χ4v) is 4.53. The van der Waals surface area contributed by atoms with E-state index in [1.165, 1.54) is 25.0 Å². The summed E-state index contributed by atoms with van der Waals surface area (Å²) in [6, 6.07) is 2.88. The van der Waals surface area contributed by atoms with Crippen molar-refractivity contribution < 1.29 is 9.13 Å². The Morgan fingerprint density at radius 2 is 2.00 bits per heavy atom. The lowest BCUT2D eigenvalue weighted by Gasteiger charge is -2.51. The van der Waals surface area contributed by atoms with E-state index in [1.807, 2.05) is 0 Å². The maximum Gasteiger partial charge on any atom is 0.145 e. The van der Waals surface area contributed by atoms with Crippen molar-refractivity contribution in [3.63, 3.8) is 0 Å². The van der Waals surface area contributed by atoms with Crippen LogP contribution in [-0.4, -0.2) is 11.5 Å². The van der Waals surface area contributed by atoms with Gasteiger partial charge in [0.25, 0.3) is 0 Å². The third-order valence-electron chi connectivity index (χ3n) is 4.46. The number of hydrogen-bond donors (Lipinski definition) is 0. The molecule has 1 aromatic rings. The summed E-state index contributed by atoms with van der Waals surface area (Å²) in [6.45, 7) is 0. The second kappa shape index (κ2) is 5.09. The summed E-state index contributed by atoms with van der Waals surface area (Å²) >= 11 is 15.5. The number of benzene rings is 1. The summed E-state index contributed by atoms with van der Waals surface area (Å²) in [5, 5.41) is 0.287. The van der Waals surface area contributed by atoms with Gasteiger partial charge in [0, 0.05) is 23.3 Å². The van der Waals surface area contributed by atoms with Gasteiger partial charge < -0.3 is 4.74 Å². The quantitative estimate of drug-likeness (QED) is 0.491. The van der Waals surface area contributed by atoms with Gasteiger partial charge in [-0.1, -0.05) is 24.4 Å². The van der Waals surface area contributed by atoms with Crippen molar-refractivity contribution in [3.8, 4) is 5.75 Å². The monoisotopic (exact) mass is 366 g/mol. The molecule has 0 aliphatic heterocycles. The molecule has 1 aromatic carbocycles. The van der Waals surface area contributed by atoms with E-state index in [9.17, 15) is 4.39 Å². The van der Waals surface area contributed by atoms with Crippen molar-refractivity contribution in [1.82, 2.24) is 0 Å². The minimum Gasteiger partial charge on any atom is -0.488 e. The van der Waals surface area contributed by atoms with Crippen molar-refractivity contribution in [2.75, 3.05) is 0 Å². The van der Waals surface area contributed by atoms with E-state index in [0.29, 0.717) is 10.2 Å². The lowest BCUT2D eigenvalue weighted by Crippen LogP contribution is -2.55. The van der Waals surface area contributed by atoms with E-state index in [2.05, 4.69) is 15.9 Å². The summed E-state index contributed by atoms with van der Waals surface area (Å²) in [7, 11) is 0. The molecule has 2 fully saturated rings. The molecular weight excluding hydrogens is 354 g/mol. The molecule has 2 unspecified atom stereocenters. The van der Waals surface area contributed by atoms with Gasteiger partial charge in [0.05, 0.1) is 9.50 Å². The molecule has 2 aliphatic rings. The summed E-state index contributed by atoms with van der Waals surface area (Å²) in [5.41, 5.74) is 0.0944. The molecule has 0 bridgehead atoms. The Kier molecular flexibility index (Phi) is 3.74. The molecule has 2 aliphatic carbocycles. The van der Waals surface area contributed by atoms with Crippen LogP contribution in [0.15, 0.2) is 16.6 Å². The van der Waals surface area contributed by atoms with Crippen LogP contribution in [0.2, 0.25) is 5.02 Å². The highest BCUT2D eigenvalue weighted by molar-refractivity contribution is 9.10. The van der Waals surface area contributed by atoms with E-state index in [-0.39, 0.29) is 21.9 Å². The van der Waals surface area contributed by atoms with Gasteiger partial charge in [-0.05, 0) is 34.8 Å². The van der Waals surface area contributed by atoms with Crippen LogP contribution in [0.3, 0.4) is 0 Å². The molecule has 2 saturated carbocycles. The maximum absolute atomic E-state index is 13.5. The lowest BCUT2D eigenvalue weighted by molar-refractivity contribution is -0.0361. The molecule has 19 heavy (non-hydrogen) atoms. The van der Waals surface area contributed by atoms with Gasteiger partial charge >= 0.3 is 0 Å². The largest absolute Gasteiger partial charge is 0.488 e. The van der Waals surface area contributed by atoms with Crippen LogP contribution >= 0.6 is 39.1 Å².